The number of aryl methyl sites for hydroxylation is 1. The number of benzene rings is 2. The zero-order valence-corrected chi connectivity index (χ0v) is 11.3. The monoisotopic (exact) mass is 254 g/mol. The lowest BCUT2D eigenvalue weighted by Crippen LogP contribution is -2.28. The van der Waals surface area contributed by atoms with Gasteiger partial charge in [0.1, 0.15) is 7.05 Å². The molecule has 0 amide bonds. The van der Waals surface area contributed by atoms with E-state index in [4.69, 9.17) is 9.47 Å². The Morgan fingerprint density at radius 2 is 1.63 bits per heavy atom. The predicted molar refractivity (Wildman–Crippen MR) is 75.7 cm³/mol. The maximum absolute atomic E-state index is 5.52. The van der Waals surface area contributed by atoms with E-state index in [1.54, 1.807) is 14.2 Å². The van der Waals surface area contributed by atoms with Crippen LogP contribution in [0.2, 0.25) is 0 Å². The first-order valence-electron chi connectivity index (χ1n) is 6.18. The second kappa shape index (κ2) is 4.43. The average Bonchev–Trinajstić information content (AvgIpc) is 2.46. The highest BCUT2D eigenvalue weighted by molar-refractivity contribution is 6.06. The van der Waals surface area contributed by atoms with Crippen LogP contribution in [-0.4, -0.2) is 14.2 Å². The minimum absolute atomic E-state index is 0.755. The summed E-state index contributed by atoms with van der Waals surface area (Å²) in [5.41, 5.74) is 1.20. The van der Waals surface area contributed by atoms with Crippen molar-refractivity contribution in [3.63, 3.8) is 0 Å². The van der Waals surface area contributed by atoms with Gasteiger partial charge in [-0.05, 0) is 18.2 Å². The van der Waals surface area contributed by atoms with Crippen molar-refractivity contribution in [2.45, 2.75) is 0 Å². The van der Waals surface area contributed by atoms with Crippen molar-refractivity contribution in [3.05, 3.63) is 42.6 Å². The Balaban J connectivity index is 2.52. The van der Waals surface area contributed by atoms with E-state index in [-0.39, 0.29) is 0 Å². The van der Waals surface area contributed by atoms with Crippen molar-refractivity contribution in [1.82, 2.24) is 0 Å². The van der Waals surface area contributed by atoms with Crippen LogP contribution in [0.4, 0.5) is 0 Å². The number of fused-ring (bicyclic) bond motifs is 3. The summed E-state index contributed by atoms with van der Waals surface area (Å²) in [6, 6.07) is 12.4. The highest BCUT2D eigenvalue weighted by Crippen LogP contribution is 2.36. The van der Waals surface area contributed by atoms with Crippen LogP contribution in [-0.2, 0) is 7.05 Å². The standard InChI is InChI=1S/C16H16NO2/c1-17-10-13-11(12-6-4-5-7-14(12)17)8-9-15(18-2)16(13)19-3/h4-10H,1-3H3/q+1. The molecule has 1 heterocycles. The van der Waals surface area contributed by atoms with Crippen LogP contribution < -0.4 is 14.0 Å². The van der Waals surface area contributed by atoms with E-state index in [2.05, 4.69) is 41.1 Å². The molecule has 96 valence electrons. The minimum Gasteiger partial charge on any atom is -0.493 e. The van der Waals surface area contributed by atoms with Crippen LogP contribution in [0.15, 0.2) is 42.6 Å². The van der Waals surface area contributed by atoms with Gasteiger partial charge in [0.15, 0.2) is 17.7 Å². The van der Waals surface area contributed by atoms with E-state index >= 15 is 0 Å². The third-order valence-electron chi connectivity index (χ3n) is 3.48. The number of hydrogen-bond donors (Lipinski definition) is 0. The van der Waals surface area contributed by atoms with Crippen molar-refractivity contribution < 1.29 is 14.0 Å². The van der Waals surface area contributed by atoms with Gasteiger partial charge in [0.25, 0.3) is 0 Å². The first-order valence-corrected chi connectivity index (χ1v) is 6.18. The largest absolute Gasteiger partial charge is 0.493 e. The fourth-order valence-corrected chi connectivity index (χ4v) is 2.59. The molecule has 0 aliphatic heterocycles. The summed E-state index contributed by atoms with van der Waals surface area (Å²) in [7, 11) is 5.37. The molecule has 3 heteroatoms. The fraction of sp³-hybridized carbons (Fsp3) is 0.188. The van der Waals surface area contributed by atoms with Gasteiger partial charge in [-0.25, -0.2) is 4.57 Å². The van der Waals surface area contributed by atoms with Crippen LogP contribution in [0.25, 0.3) is 21.7 Å². The van der Waals surface area contributed by atoms with E-state index in [0.717, 1.165) is 16.9 Å². The van der Waals surface area contributed by atoms with Crippen molar-refractivity contribution in [1.29, 1.82) is 0 Å². The number of para-hydroxylation sites is 1. The van der Waals surface area contributed by atoms with Gasteiger partial charge in [-0.3, -0.25) is 0 Å². The first kappa shape index (κ1) is 11.8. The Bertz CT molecular complexity index is 765. The Kier molecular flexibility index (Phi) is 2.75. The molecule has 0 N–H and O–H groups in total. The second-order valence-corrected chi connectivity index (χ2v) is 4.52. The van der Waals surface area contributed by atoms with Crippen molar-refractivity contribution in [3.8, 4) is 11.5 Å². The Hall–Kier alpha value is -2.29. The molecule has 1 aromatic heterocycles. The Labute approximate surface area is 112 Å². The lowest BCUT2D eigenvalue weighted by molar-refractivity contribution is -0.643. The van der Waals surface area contributed by atoms with E-state index in [9.17, 15) is 0 Å². The maximum Gasteiger partial charge on any atom is 0.212 e. The van der Waals surface area contributed by atoms with Crippen LogP contribution in [0.3, 0.4) is 0 Å². The van der Waals surface area contributed by atoms with E-state index in [1.807, 2.05) is 13.1 Å². The number of pyridine rings is 1. The van der Waals surface area contributed by atoms with Gasteiger partial charge in [0, 0.05) is 11.5 Å². The van der Waals surface area contributed by atoms with E-state index < -0.39 is 0 Å². The molecule has 3 nitrogen and oxygen atoms in total. The van der Waals surface area contributed by atoms with Gasteiger partial charge in [-0.2, -0.15) is 0 Å². The zero-order valence-electron chi connectivity index (χ0n) is 11.3. The molecular formula is C16H16NO2+. The molecule has 0 aliphatic carbocycles. The quantitative estimate of drug-likeness (QED) is 0.518. The molecule has 3 aromatic rings. The number of hydrogen-bond acceptors (Lipinski definition) is 2. The molecule has 0 aliphatic rings. The molecule has 0 spiro atoms. The highest BCUT2D eigenvalue weighted by Gasteiger charge is 2.16. The molecular weight excluding hydrogens is 238 g/mol. The summed E-state index contributed by atoms with van der Waals surface area (Å²) >= 11 is 0. The normalized spacial score (nSPS) is 10.9. The average molecular weight is 254 g/mol. The van der Waals surface area contributed by atoms with Gasteiger partial charge < -0.3 is 9.47 Å². The minimum atomic E-state index is 0.755. The summed E-state index contributed by atoms with van der Waals surface area (Å²) < 4.78 is 13.0. The zero-order chi connectivity index (χ0) is 13.4. The molecule has 3 rings (SSSR count). The highest BCUT2D eigenvalue weighted by atomic mass is 16.5. The molecule has 0 atom stereocenters. The summed E-state index contributed by atoms with van der Waals surface area (Å²) in [5, 5.41) is 3.44. The molecule has 0 saturated carbocycles. The smallest absolute Gasteiger partial charge is 0.212 e. The van der Waals surface area contributed by atoms with E-state index in [1.165, 1.54) is 16.3 Å². The van der Waals surface area contributed by atoms with Gasteiger partial charge in [-0.15, -0.1) is 0 Å². The van der Waals surface area contributed by atoms with Gasteiger partial charge in [0.05, 0.1) is 25.0 Å². The van der Waals surface area contributed by atoms with Crippen molar-refractivity contribution >= 4 is 21.7 Å². The Morgan fingerprint density at radius 3 is 2.37 bits per heavy atom. The van der Waals surface area contributed by atoms with Crippen LogP contribution >= 0.6 is 0 Å². The summed E-state index contributed by atoms with van der Waals surface area (Å²) in [6.07, 6.45) is 2.08. The van der Waals surface area contributed by atoms with Crippen LogP contribution in [0, 0.1) is 0 Å². The number of nitrogens with zero attached hydrogens (tertiary/aromatic N) is 1. The number of aromatic nitrogens is 1. The Morgan fingerprint density at radius 1 is 0.842 bits per heavy atom. The SMILES string of the molecule is COc1ccc2c(c[n+](C)c3ccccc23)c1OC. The number of methoxy groups -OCH3 is 2. The lowest BCUT2D eigenvalue weighted by Gasteiger charge is -2.11. The van der Waals surface area contributed by atoms with Gasteiger partial charge in [-0.1, -0.05) is 12.1 Å². The van der Waals surface area contributed by atoms with Gasteiger partial charge in [0.2, 0.25) is 5.52 Å². The summed E-state index contributed by atoms with van der Waals surface area (Å²) in [4.78, 5) is 0. The molecule has 0 fully saturated rings. The molecule has 19 heavy (non-hydrogen) atoms. The van der Waals surface area contributed by atoms with E-state index in [0.29, 0.717) is 0 Å². The third kappa shape index (κ3) is 1.70. The number of rotatable bonds is 2. The summed E-state index contributed by atoms with van der Waals surface area (Å²) in [5.74, 6) is 1.53. The topological polar surface area (TPSA) is 22.3 Å². The third-order valence-corrected chi connectivity index (χ3v) is 3.48. The predicted octanol–water partition coefficient (Wildman–Crippen LogP) is 2.83. The number of ether oxygens (including phenoxy) is 2. The van der Waals surface area contributed by atoms with Crippen molar-refractivity contribution in [2.75, 3.05) is 14.2 Å². The molecule has 2 aromatic carbocycles. The van der Waals surface area contributed by atoms with Crippen LogP contribution in [0.5, 0.6) is 11.5 Å². The molecule has 0 bridgehead atoms. The second-order valence-electron chi connectivity index (χ2n) is 4.52. The van der Waals surface area contributed by atoms with Crippen LogP contribution in [0.1, 0.15) is 0 Å². The maximum atomic E-state index is 5.52. The molecule has 0 radical (unpaired) electrons. The first-order chi connectivity index (χ1) is 9.26. The lowest BCUT2D eigenvalue weighted by atomic mass is 10.1. The van der Waals surface area contributed by atoms with Crippen molar-refractivity contribution in [2.24, 2.45) is 7.05 Å². The molecule has 0 unspecified atom stereocenters. The molecule has 0 saturated heterocycles. The summed E-state index contributed by atoms with van der Waals surface area (Å²) in [6.45, 7) is 0. The fourth-order valence-electron chi connectivity index (χ4n) is 2.59. The van der Waals surface area contributed by atoms with Gasteiger partial charge >= 0.3 is 0 Å².